The number of rotatable bonds is 2. The van der Waals surface area contributed by atoms with E-state index in [0.717, 1.165) is 0 Å². The van der Waals surface area contributed by atoms with E-state index >= 15 is 0 Å². The first-order valence-electron chi connectivity index (χ1n) is 5.50. The lowest BCUT2D eigenvalue weighted by Gasteiger charge is -2.32. The molecule has 0 aromatic heterocycles. The highest BCUT2D eigenvalue weighted by Gasteiger charge is 2.45. The molecule has 1 fully saturated rings. The second-order valence-electron chi connectivity index (χ2n) is 4.16. The van der Waals surface area contributed by atoms with Gasteiger partial charge in [-0.3, -0.25) is 19.2 Å². The van der Waals surface area contributed by atoms with Gasteiger partial charge < -0.3 is 4.74 Å². The van der Waals surface area contributed by atoms with Crippen molar-refractivity contribution in [1.29, 1.82) is 0 Å². The molecule has 1 aliphatic carbocycles. The van der Waals surface area contributed by atoms with Gasteiger partial charge in [-0.1, -0.05) is 0 Å². The zero-order valence-electron chi connectivity index (χ0n) is 10.1. The summed E-state index contributed by atoms with van der Waals surface area (Å²) in [4.78, 5) is 39.2. The minimum Gasteiger partial charge on any atom is -0.423 e. The largest absolute Gasteiger partial charge is 0.423 e. The van der Waals surface area contributed by atoms with Crippen LogP contribution in [-0.4, -0.2) is 35.4 Å². The Labute approximate surface area is 104 Å². The van der Waals surface area contributed by atoms with Gasteiger partial charge in [-0.2, -0.15) is 0 Å². The van der Waals surface area contributed by atoms with Gasteiger partial charge in [0.2, 0.25) is 11.7 Å². The van der Waals surface area contributed by atoms with Crippen molar-refractivity contribution in [3.8, 4) is 0 Å². The first-order chi connectivity index (χ1) is 8.48. The lowest BCUT2D eigenvalue weighted by molar-refractivity contribution is -0.182. The summed E-state index contributed by atoms with van der Waals surface area (Å²) < 4.78 is 4.85. The molecule has 1 heterocycles. The molecule has 1 amide bonds. The molecule has 0 aromatic carbocycles. The zero-order chi connectivity index (χ0) is 13.3. The van der Waals surface area contributed by atoms with Crippen LogP contribution in [0.3, 0.4) is 0 Å². The molecule has 1 saturated heterocycles. The van der Waals surface area contributed by atoms with Crippen molar-refractivity contribution in [2.45, 2.75) is 25.3 Å². The van der Waals surface area contributed by atoms with Gasteiger partial charge in [-0.25, -0.2) is 5.06 Å². The number of nitrogens with zero attached hydrogens (tertiary/aromatic N) is 1. The van der Waals surface area contributed by atoms with E-state index in [2.05, 4.69) is 0 Å². The number of hydroxylamine groups is 2. The Hall–Kier alpha value is -1.95. The fourth-order valence-electron chi connectivity index (χ4n) is 2.18. The molecule has 1 atom stereocenters. The van der Waals surface area contributed by atoms with Gasteiger partial charge in [-0.15, -0.1) is 0 Å². The minimum absolute atomic E-state index is 0.0678. The molecule has 1 spiro atoms. The third-order valence-electron chi connectivity index (χ3n) is 2.93. The van der Waals surface area contributed by atoms with Crippen LogP contribution in [0.15, 0.2) is 24.0 Å². The van der Waals surface area contributed by atoms with Crippen molar-refractivity contribution in [2.75, 3.05) is 7.11 Å². The second-order valence-corrected chi connectivity index (χ2v) is 4.16. The molecular weight excluding hydrogens is 238 g/mol. The second kappa shape index (κ2) is 4.38. The Balaban J connectivity index is 2.36. The van der Waals surface area contributed by atoms with Gasteiger partial charge in [0.1, 0.15) is 5.54 Å². The van der Waals surface area contributed by atoms with Crippen LogP contribution in [0.5, 0.6) is 0 Å². The summed E-state index contributed by atoms with van der Waals surface area (Å²) in [6, 6.07) is 0. The molecule has 0 radical (unpaired) electrons. The monoisotopic (exact) mass is 251 g/mol. The highest BCUT2D eigenvalue weighted by atomic mass is 16.7. The quantitative estimate of drug-likeness (QED) is 0.668. The van der Waals surface area contributed by atoms with Gasteiger partial charge in [0.15, 0.2) is 5.76 Å². The molecule has 18 heavy (non-hydrogen) atoms. The van der Waals surface area contributed by atoms with Crippen LogP contribution in [0.2, 0.25) is 0 Å². The summed E-state index contributed by atoms with van der Waals surface area (Å²) in [5, 5.41) is 1.19. The molecule has 2 aliphatic rings. The van der Waals surface area contributed by atoms with Gasteiger partial charge >= 0.3 is 5.97 Å². The number of carbonyl (C=O) groups excluding carboxylic acids is 3. The van der Waals surface area contributed by atoms with Crippen LogP contribution in [0, 0.1) is 0 Å². The molecule has 1 unspecified atom stereocenters. The third-order valence-corrected chi connectivity index (χ3v) is 2.93. The third kappa shape index (κ3) is 1.95. The summed E-state index contributed by atoms with van der Waals surface area (Å²) >= 11 is 0. The normalized spacial score (nSPS) is 26.8. The molecule has 6 heteroatoms. The van der Waals surface area contributed by atoms with Crippen LogP contribution in [0.25, 0.3) is 0 Å². The SMILES string of the molecule is CON1C(=O)CCC12C=CC(=O)C(OC(C)=O)=C2. The van der Waals surface area contributed by atoms with E-state index in [-0.39, 0.29) is 11.7 Å². The maximum Gasteiger partial charge on any atom is 0.308 e. The molecule has 0 N–H and O–H groups in total. The highest BCUT2D eigenvalue weighted by Crippen LogP contribution is 2.36. The zero-order valence-corrected chi connectivity index (χ0v) is 10.1. The van der Waals surface area contributed by atoms with Crippen molar-refractivity contribution in [3.63, 3.8) is 0 Å². The van der Waals surface area contributed by atoms with E-state index in [1.54, 1.807) is 6.08 Å². The summed E-state index contributed by atoms with van der Waals surface area (Å²) in [6.45, 7) is 1.22. The van der Waals surface area contributed by atoms with E-state index < -0.39 is 17.3 Å². The number of hydrogen-bond acceptors (Lipinski definition) is 5. The average Bonchev–Trinajstić information content (AvgIpc) is 2.60. The van der Waals surface area contributed by atoms with Crippen molar-refractivity contribution in [1.82, 2.24) is 5.06 Å². The standard InChI is InChI=1S/C12H13NO5/c1-8(14)18-10-7-12(5-3-9(10)15)6-4-11(16)13(12)17-2/h3,5,7H,4,6H2,1-2H3. The van der Waals surface area contributed by atoms with Crippen molar-refractivity contribution in [2.24, 2.45) is 0 Å². The summed E-state index contributed by atoms with van der Waals surface area (Å²) in [7, 11) is 1.38. The summed E-state index contributed by atoms with van der Waals surface area (Å²) in [5.74, 6) is -1.21. The van der Waals surface area contributed by atoms with Crippen LogP contribution in [-0.2, 0) is 24.0 Å². The minimum atomic E-state index is -0.829. The number of ether oxygens (including phenoxy) is 1. The Bertz CT molecular complexity index is 479. The van der Waals surface area contributed by atoms with Crippen LogP contribution < -0.4 is 0 Å². The maximum atomic E-state index is 11.6. The van der Waals surface area contributed by atoms with E-state index in [9.17, 15) is 14.4 Å². The number of amides is 1. The fraction of sp³-hybridized carbons (Fsp3) is 0.417. The van der Waals surface area contributed by atoms with E-state index in [0.29, 0.717) is 12.8 Å². The first kappa shape index (κ1) is 12.5. The van der Waals surface area contributed by atoms with Gasteiger partial charge in [0.25, 0.3) is 0 Å². The van der Waals surface area contributed by atoms with Crippen molar-refractivity contribution in [3.05, 3.63) is 24.0 Å². The van der Waals surface area contributed by atoms with Crippen LogP contribution >= 0.6 is 0 Å². The number of carbonyl (C=O) groups is 3. The molecule has 0 aromatic rings. The van der Waals surface area contributed by atoms with Gasteiger partial charge in [0, 0.05) is 13.3 Å². The van der Waals surface area contributed by atoms with Crippen molar-refractivity contribution < 1.29 is 24.0 Å². The Morgan fingerprint density at radius 1 is 1.44 bits per heavy atom. The Kier molecular flexibility index (Phi) is 3.04. The first-order valence-corrected chi connectivity index (χ1v) is 5.50. The van der Waals surface area contributed by atoms with E-state index in [1.165, 1.54) is 31.2 Å². The molecule has 2 rings (SSSR count). The summed E-state index contributed by atoms with van der Waals surface area (Å²) in [6.07, 6.45) is 5.15. The van der Waals surface area contributed by atoms with Crippen LogP contribution in [0.4, 0.5) is 0 Å². The van der Waals surface area contributed by atoms with Crippen molar-refractivity contribution >= 4 is 17.7 Å². The predicted octanol–water partition coefficient (Wildman–Crippen LogP) is 0.495. The van der Waals surface area contributed by atoms with E-state index in [1.807, 2.05) is 0 Å². The smallest absolute Gasteiger partial charge is 0.308 e. The molecule has 96 valence electrons. The summed E-state index contributed by atoms with van der Waals surface area (Å²) in [5.41, 5.74) is -0.829. The number of esters is 1. The lowest BCUT2D eigenvalue weighted by Crippen LogP contribution is -2.44. The molecular formula is C12H13NO5. The maximum absolute atomic E-state index is 11.6. The number of ketones is 1. The Morgan fingerprint density at radius 3 is 2.78 bits per heavy atom. The average molecular weight is 251 g/mol. The molecule has 0 bridgehead atoms. The fourth-order valence-corrected chi connectivity index (χ4v) is 2.18. The van der Waals surface area contributed by atoms with Gasteiger partial charge in [0.05, 0.1) is 7.11 Å². The molecule has 1 aliphatic heterocycles. The Morgan fingerprint density at radius 2 is 2.17 bits per heavy atom. The van der Waals surface area contributed by atoms with Crippen LogP contribution in [0.1, 0.15) is 19.8 Å². The number of allylic oxidation sites excluding steroid dienone is 1. The molecule has 6 nitrogen and oxygen atoms in total. The molecule has 0 saturated carbocycles. The topological polar surface area (TPSA) is 72.9 Å². The van der Waals surface area contributed by atoms with E-state index in [4.69, 9.17) is 9.57 Å². The highest BCUT2D eigenvalue weighted by molar-refractivity contribution is 6.05. The predicted molar refractivity (Wildman–Crippen MR) is 59.8 cm³/mol. The lowest BCUT2D eigenvalue weighted by atomic mass is 9.91. The number of hydrogen-bond donors (Lipinski definition) is 0. The van der Waals surface area contributed by atoms with Gasteiger partial charge in [-0.05, 0) is 24.6 Å².